The first-order chi connectivity index (χ1) is 8.81. The molecule has 0 amide bonds. The molecule has 0 saturated heterocycles. The van der Waals surface area contributed by atoms with Crippen molar-refractivity contribution in [3.05, 3.63) is 0 Å². The van der Waals surface area contributed by atoms with Gasteiger partial charge in [-0.05, 0) is 0 Å². The molecule has 0 aliphatic carbocycles. The van der Waals surface area contributed by atoms with E-state index in [1.54, 1.807) is 21.1 Å². The number of rotatable bonds is 11. The van der Waals surface area contributed by atoms with E-state index in [9.17, 15) is 0 Å². The molecule has 0 bridgehead atoms. The zero-order chi connectivity index (χ0) is 14.9. The fraction of sp³-hybridized carbons (Fsp3) is 1.00. The predicted octanol–water partition coefficient (Wildman–Crippen LogP) is 3.99. The molecule has 0 nitrogen and oxygen atoms in total. The summed E-state index contributed by atoms with van der Waals surface area (Å²) in [6.07, 6.45) is 5.81. The third kappa shape index (κ3) is 11.8. The Hall–Kier alpha value is 1.13. The van der Waals surface area contributed by atoms with E-state index in [0.29, 0.717) is 0 Å². The Morgan fingerprint density at radius 3 is 1.35 bits per heavy atom. The van der Waals surface area contributed by atoms with E-state index in [2.05, 4.69) is 48.5 Å². The number of hydrogen-bond acceptors (Lipinski definition) is 0. The van der Waals surface area contributed by atoms with Gasteiger partial charge >= 0.3 is 18.9 Å². The van der Waals surface area contributed by atoms with Crippen LogP contribution in [0.4, 0.5) is 0 Å². The predicted molar refractivity (Wildman–Crippen MR) is 93.6 cm³/mol. The quantitative estimate of drug-likeness (QED) is 0.399. The number of unbranched alkanes of at least 4 members (excludes halogenated alkanes) is 3. The molecule has 0 N–H and O–H groups in total. The summed E-state index contributed by atoms with van der Waals surface area (Å²) in [7, 11) is 0. The largest absolute Gasteiger partial charge is 1.00 e. The second-order valence-corrected chi connectivity index (χ2v) is 13.9. The van der Waals surface area contributed by atoms with E-state index in [4.69, 9.17) is 0 Å². The SMILES string of the molecule is CCCCC[CH2][Al-]([CH2]C(C)C)([CH2]C(C)C)[CH2]C(C)C.[Li+]. The van der Waals surface area contributed by atoms with Crippen molar-refractivity contribution in [1.29, 1.82) is 0 Å². The van der Waals surface area contributed by atoms with Crippen molar-refractivity contribution in [3.8, 4) is 0 Å². The van der Waals surface area contributed by atoms with E-state index in [0.717, 1.165) is 17.8 Å². The van der Waals surface area contributed by atoms with E-state index in [-0.39, 0.29) is 18.9 Å². The van der Waals surface area contributed by atoms with Crippen LogP contribution in [0.15, 0.2) is 0 Å². The van der Waals surface area contributed by atoms with E-state index < -0.39 is 13.1 Å². The van der Waals surface area contributed by atoms with Gasteiger partial charge in [0.1, 0.15) is 13.1 Å². The van der Waals surface area contributed by atoms with Crippen LogP contribution in [0.2, 0.25) is 21.1 Å². The second-order valence-electron chi connectivity index (χ2n) is 8.47. The molecule has 0 aromatic carbocycles. The van der Waals surface area contributed by atoms with Crippen molar-refractivity contribution in [1.82, 2.24) is 0 Å². The topological polar surface area (TPSA) is 0 Å². The minimum Gasteiger partial charge on any atom is -0.191 e. The van der Waals surface area contributed by atoms with Crippen molar-refractivity contribution in [3.63, 3.8) is 0 Å². The summed E-state index contributed by atoms with van der Waals surface area (Å²) < 4.78 is 0. The van der Waals surface area contributed by atoms with Gasteiger partial charge in [-0.25, -0.2) is 0 Å². The molecule has 2 heteroatoms. The van der Waals surface area contributed by atoms with Crippen molar-refractivity contribution in [2.45, 2.75) is 95.3 Å². The molecule has 0 atom stereocenters. The maximum absolute atomic E-state index is 2.45. The normalized spacial score (nSPS) is 12.3. The summed E-state index contributed by atoms with van der Waals surface area (Å²) in [5, 5.41) is 6.40. The molecule has 0 unspecified atom stereocenters. The molecule has 0 fully saturated rings. The second kappa shape index (κ2) is 12.7. The van der Waals surface area contributed by atoms with Crippen LogP contribution in [0.25, 0.3) is 0 Å². The number of hydrogen-bond donors (Lipinski definition) is 0. The van der Waals surface area contributed by atoms with E-state index >= 15 is 0 Å². The molecule has 116 valence electrons. The van der Waals surface area contributed by atoms with Crippen molar-refractivity contribution >= 4 is 13.1 Å². The molecular weight excluding hydrogens is 250 g/mol. The minimum atomic E-state index is -1.36. The first-order valence-corrected chi connectivity index (χ1v) is 12.3. The third-order valence-electron chi connectivity index (χ3n) is 4.58. The molecular formula is C18H40AlLi. The van der Waals surface area contributed by atoms with Crippen molar-refractivity contribution in [2.24, 2.45) is 17.8 Å². The van der Waals surface area contributed by atoms with Gasteiger partial charge in [0.2, 0.25) is 0 Å². The van der Waals surface area contributed by atoms with Crippen molar-refractivity contribution < 1.29 is 18.9 Å². The molecule has 0 rings (SSSR count). The zero-order valence-electron chi connectivity index (χ0n) is 16.0. The fourth-order valence-corrected chi connectivity index (χ4v) is 13.1. The van der Waals surface area contributed by atoms with Gasteiger partial charge in [-0.15, -0.1) is 0 Å². The molecule has 0 aliphatic rings. The molecule has 0 aromatic heterocycles. The summed E-state index contributed by atoms with van der Waals surface area (Å²) in [5.74, 6) is 2.73. The van der Waals surface area contributed by atoms with Gasteiger partial charge in [-0.2, -0.15) is 21.1 Å². The van der Waals surface area contributed by atoms with Gasteiger partial charge in [0, 0.05) is 0 Å². The van der Waals surface area contributed by atoms with Crippen LogP contribution in [-0.2, 0) is 0 Å². The monoisotopic (exact) mass is 290 g/mol. The Morgan fingerprint density at radius 1 is 0.650 bits per heavy atom. The van der Waals surface area contributed by atoms with Crippen LogP contribution in [0.5, 0.6) is 0 Å². The van der Waals surface area contributed by atoms with Gasteiger partial charge in [0.05, 0.1) is 0 Å². The summed E-state index contributed by atoms with van der Waals surface area (Å²) in [6, 6.07) is 0. The van der Waals surface area contributed by atoms with E-state index in [1.165, 1.54) is 25.7 Å². The van der Waals surface area contributed by atoms with E-state index in [1.807, 2.05) is 0 Å². The maximum atomic E-state index is 2.45. The van der Waals surface area contributed by atoms with Gasteiger partial charge in [0.25, 0.3) is 0 Å². The molecule has 0 radical (unpaired) electrons. The Bertz CT molecular complexity index is 185. The van der Waals surface area contributed by atoms with Crippen LogP contribution < -0.4 is 18.9 Å². The summed E-state index contributed by atoms with van der Waals surface area (Å²) in [5.41, 5.74) is 0. The van der Waals surface area contributed by atoms with Crippen LogP contribution in [-0.4, -0.2) is 13.1 Å². The first-order valence-electron chi connectivity index (χ1n) is 9.03. The molecule has 0 spiro atoms. The van der Waals surface area contributed by atoms with Crippen LogP contribution in [0.3, 0.4) is 0 Å². The van der Waals surface area contributed by atoms with Crippen LogP contribution >= 0.6 is 0 Å². The zero-order valence-corrected chi connectivity index (χ0v) is 17.1. The van der Waals surface area contributed by atoms with Crippen LogP contribution in [0, 0.1) is 17.8 Å². The minimum absolute atomic E-state index is 0. The van der Waals surface area contributed by atoms with Gasteiger partial charge in [0.15, 0.2) is 0 Å². The molecule has 0 saturated carbocycles. The fourth-order valence-electron chi connectivity index (χ4n) is 4.65. The standard InChI is InChI=1S/C6H13.3C4H9.Al.Li/c1-3-5-6-4-2;3*1-4(2)3;;/h1,3-6H2,2H3;3*4H,1H2,2-3H3;;/q;;;;-1;+1. The summed E-state index contributed by atoms with van der Waals surface area (Å²) in [6.45, 7) is 17.0. The maximum Gasteiger partial charge on any atom is 1.00 e. The average Bonchev–Trinajstić information content (AvgIpc) is 2.21. The third-order valence-corrected chi connectivity index (χ3v) is 12.0. The average molecular weight is 290 g/mol. The smallest absolute Gasteiger partial charge is 0.191 e. The van der Waals surface area contributed by atoms with Crippen molar-refractivity contribution in [2.75, 3.05) is 0 Å². The molecule has 0 aliphatic heterocycles. The Balaban J connectivity index is 0. The Labute approximate surface area is 144 Å². The molecule has 0 aromatic rings. The van der Waals surface area contributed by atoms with Gasteiger partial charge in [-0.1, -0.05) is 91.9 Å². The Kier molecular flexibility index (Phi) is 14.8. The molecule has 0 heterocycles. The van der Waals surface area contributed by atoms with Gasteiger partial charge in [-0.3, -0.25) is 0 Å². The summed E-state index contributed by atoms with van der Waals surface area (Å²) >= 11 is -1.36. The Morgan fingerprint density at radius 2 is 1.05 bits per heavy atom. The van der Waals surface area contributed by atoms with Crippen LogP contribution in [0.1, 0.15) is 74.1 Å². The first kappa shape index (κ1) is 23.4. The summed E-state index contributed by atoms with van der Waals surface area (Å²) in [4.78, 5) is 0. The van der Waals surface area contributed by atoms with Gasteiger partial charge < -0.3 is 0 Å². The molecule has 20 heavy (non-hydrogen) atoms.